The Morgan fingerprint density at radius 3 is 2.50 bits per heavy atom. The van der Waals surface area contributed by atoms with Gasteiger partial charge >= 0.3 is 5.97 Å². The lowest BCUT2D eigenvalue weighted by Crippen LogP contribution is -2.06. The first kappa shape index (κ1) is 15.5. The van der Waals surface area contributed by atoms with E-state index < -0.39 is 5.97 Å². The molecule has 0 spiro atoms. The van der Waals surface area contributed by atoms with Crippen molar-refractivity contribution in [2.24, 2.45) is 0 Å². The SMILES string of the molecule is COC(=O)c1cc(Br)c(OC)cc1NC=C(C#N)C#N. The number of methoxy groups -OCH3 is 2. The summed E-state index contributed by atoms with van der Waals surface area (Å²) in [5.74, 6) is -0.0660. The molecule has 1 rings (SSSR count). The molecule has 0 saturated heterocycles. The van der Waals surface area contributed by atoms with Crippen LogP contribution in [0.2, 0.25) is 0 Å². The number of benzene rings is 1. The highest BCUT2D eigenvalue weighted by molar-refractivity contribution is 9.10. The van der Waals surface area contributed by atoms with E-state index in [9.17, 15) is 4.79 Å². The summed E-state index contributed by atoms with van der Waals surface area (Å²) in [7, 11) is 2.74. The van der Waals surface area contributed by atoms with Crippen molar-refractivity contribution < 1.29 is 14.3 Å². The molecule has 0 heterocycles. The fourth-order valence-corrected chi connectivity index (χ4v) is 1.85. The Kier molecular flexibility index (Phi) is 5.57. The molecule has 0 aliphatic heterocycles. The van der Waals surface area contributed by atoms with Crippen molar-refractivity contribution >= 4 is 27.6 Å². The summed E-state index contributed by atoms with van der Waals surface area (Å²) in [6, 6.07) is 6.49. The van der Waals surface area contributed by atoms with Gasteiger partial charge in [0.05, 0.1) is 29.9 Å². The van der Waals surface area contributed by atoms with Crippen molar-refractivity contribution in [3.63, 3.8) is 0 Å². The standard InChI is InChI=1S/C13H10BrN3O3/c1-19-12-4-11(17-7-8(5-15)6-16)9(3-10(12)14)13(18)20-2/h3-4,7,17H,1-2H3. The Hall–Kier alpha value is -2.51. The third kappa shape index (κ3) is 3.50. The number of hydrogen-bond acceptors (Lipinski definition) is 6. The maximum absolute atomic E-state index is 11.7. The van der Waals surface area contributed by atoms with Crippen LogP contribution in [0.1, 0.15) is 10.4 Å². The number of halogens is 1. The van der Waals surface area contributed by atoms with Crippen LogP contribution < -0.4 is 10.1 Å². The Morgan fingerprint density at radius 1 is 1.35 bits per heavy atom. The van der Waals surface area contributed by atoms with Gasteiger partial charge in [-0.2, -0.15) is 10.5 Å². The van der Waals surface area contributed by atoms with E-state index in [-0.39, 0.29) is 11.1 Å². The third-order valence-electron chi connectivity index (χ3n) is 2.31. The molecular formula is C13H10BrN3O3. The number of allylic oxidation sites excluding steroid dienone is 1. The number of carbonyl (C=O) groups excluding carboxylic acids is 1. The van der Waals surface area contributed by atoms with E-state index in [1.54, 1.807) is 18.2 Å². The van der Waals surface area contributed by atoms with Gasteiger partial charge in [0.15, 0.2) is 0 Å². The molecule has 1 aromatic rings. The molecule has 102 valence electrons. The predicted molar refractivity (Wildman–Crippen MR) is 75.0 cm³/mol. The van der Waals surface area contributed by atoms with E-state index >= 15 is 0 Å². The smallest absolute Gasteiger partial charge is 0.340 e. The van der Waals surface area contributed by atoms with Gasteiger partial charge in [0.2, 0.25) is 0 Å². The van der Waals surface area contributed by atoms with Crippen LogP contribution in [0.4, 0.5) is 5.69 Å². The van der Waals surface area contributed by atoms with Crippen LogP contribution in [0.3, 0.4) is 0 Å². The first-order chi connectivity index (χ1) is 9.57. The molecule has 0 saturated carbocycles. The second-order valence-corrected chi connectivity index (χ2v) is 4.30. The molecule has 20 heavy (non-hydrogen) atoms. The second kappa shape index (κ2) is 7.17. The van der Waals surface area contributed by atoms with Crippen LogP contribution in [0, 0.1) is 22.7 Å². The number of carbonyl (C=O) groups is 1. The van der Waals surface area contributed by atoms with E-state index in [0.717, 1.165) is 0 Å². The van der Waals surface area contributed by atoms with Gasteiger partial charge in [-0.1, -0.05) is 0 Å². The zero-order valence-electron chi connectivity index (χ0n) is 10.7. The van der Waals surface area contributed by atoms with Gasteiger partial charge in [-0.15, -0.1) is 0 Å². The molecule has 0 aliphatic carbocycles. The normalized spacial score (nSPS) is 8.85. The van der Waals surface area contributed by atoms with Crippen LogP contribution in [0.5, 0.6) is 5.75 Å². The Morgan fingerprint density at radius 2 is 2.00 bits per heavy atom. The molecule has 0 atom stereocenters. The molecule has 6 nitrogen and oxygen atoms in total. The number of nitrogens with one attached hydrogen (secondary N) is 1. The van der Waals surface area contributed by atoms with Crippen molar-refractivity contribution in [2.75, 3.05) is 19.5 Å². The molecule has 7 heteroatoms. The lowest BCUT2D eigenvalue weighted by atomic mass is 10.1. The molecule has 0 radical (unpaired) electrons. The van der Waals surface area contributed by atoms with E-state index in [2.05, 4.69) is 26.0 Å². The molecule has 0 amide bonds. The average Bonchev–Trinajstić information content (AvgIpc) is 2.48. The lowest BCUT2D eigenvalue weighted by molar-refractivity contribution is 0.0602. The first-order valence-corrected chi connectivity index (χ1v) is 6.09. The van der Waals surface area contributed by atoms with Crippen molar-refractivity contribution in [2.45, 2.75) is 0 Å². The fraction of sp³-hybridized carbons (Fsp3) is 0.154. The molecule has 0 bridgehead atoms. The number of esters is 1. The summed E-state index contributed by atoms with van der Waals surface area (Å²) in [5, 5.41) is 20.1. The quantitative estimate of drug-likeness (QED) is 0.671. The summed E-state index contributed by atoms with van der Waals surface area (Å²) < 4.78 is 10.4. The van der Waals surface area contributed by atoms with Crippen molar-refractivity contribution in [1.29, 1.82) is 10.5 Å². The minimum atomic E-state index is -0.556. The molecular weight excluding hydrogens is 326 g/mol. The minimum Gasteiger partial charge on any atom is -0.495 e. The molecule has 1 N–H and O–H groups in total. The summed E-state index contributed by atoms with van der Waals surface area (Å²) >= 11 is 3.27. The van der Waals surface area contributed by atoms with Gasteiger partial charge in [0.25, 0.3) is 0 Å². The van der Waals surface area contributed by atoms with Crippen LogP contribution in [-0.2, 0) is 4.74 Å². The van der Waals surface area contributed by atoms with Gasteiger partial charge in [0, 0.05) is 12.3 Å². The number of nitriles is 2. The Labute approximate surface area is 124 Å². The lowest BCUT2D eigenvalue weighted by Gasteiger charge is -2.11. The number of ether oxygens (including phenoxy) is 2. The number of rotatable bonds is 4. The highest BCUT2D eigenvalue weighted by Gasteiger charge is 2.15. The molecule has 1 aromatic carbocycles. The number of nitrogens with zero attached hydrogens (tertiary/aromatic N) is 2. The third-order valence-corrected chi connectivity index (χ3v) is 2.93. The molecule has 0 unspecified atom stereocenters. The largest absolute Gasteiger partial charge is 0.495 e. The topological polar surface area (TPSA) is 95.1 Å². The summed E-state index contributed by atoms with van der Waals surface area (Å²) in [4.78, 5) is 11.7. The molecule has 0 aromatic heterocycles. The molecule has 0 aliphatic rings. The summed E-state index contributed by atoms with van der Waals surface area (Å²) in [6.07, 6.45) is 1.20. The average molecular weight is 336 g/mol. The van der Waals surface area contributed by atoms with Crippen molar-refractivity contribution in [3.05, 3.63) is 33.9 Å². The monoisotopic (exact) mass is 335 g/mol. The van der Waals surface area contributed by atoms with E-state index in [4.69, 9.17) is 15.3 Å². The van der Waals surface area contributed by atoms with Gasteiger partial charge < -0.3 is 14.8 Å². The maximum Gasteiger partial charge on any atom is 0.340 e. The highest BCUT2D eigenvalue weighted by Crippen LogP contribution is 2.32. The van der Waals surface area contributed by atoms with Crippen molar-refractivity contribution in [1.82, 2.24) is 0 Å². The van der Waals surface area contributed by atoms with E-state index in [0.29, 0.717) is 15.9 Å². The van der Waals surface area contributed by atoms with Crippen LogP contribution in [0.15, 0.2) is 28.4 Å². The van der Waals surface area contributed by atoms with Crippen molar-refractivity contribution in [3.8, 4) is 17.9 Å². The predicted octanol–water partition coefficient (Wildman–Crippen LogP) is 2.59. The van der Waals surface area contributed by atoms with Gasteiger partial charge in [0.1, 0.15) is 23.5 Å². The number of anilines is 1. The minimum absolute atomic E-state index is 0.122. The van der Waals surface area contributed by atoms with E-state index in [1.165, 1.54) is 26.5 Å². The van der Waals surface area contributed by atoms with Crippen LogP contribution in [0.25, 0.3) is 0 Å². The Balaban J connectivity index is 3.29. The number of hydrogen-bond donors (Lipinski definition) is 1. The van der Waals surface area contributed by atoms with Crippen LogP contribution >= 0.6 is 15.9 Å². The Bertz CT molecular complexity index is 625. The first-order valence-electron chi connectivity index (χ1n) is 5.30. The van der Waals surface area contributed by atoms with Gasteiger partial charge in [-0.3, -0.25) is 0 Å². The van der Waals surface area contributed by atoms with E-state index in [1.807, 2.05) is 0 Å². The zero-order chi connectivity index (χ0) is 15.1. The zero-order valence-corrected chi connectivity index (χ0v) is 12.3. The van der Waals surface area contributed by atoms with Gasteiger partial charge in [-0.25, -0.2) is 4.79 Å². The summed E-state index contributed by atoms with van der Waals surface area (Å²) in [6.45, 7) is 0. The van der Waals surface area contributed by atoms with Gasteiger partial charge in [-0.05, 0) is 22.0 Å². The molecule has 0 fully saturated rings. The maximum atomic E-state index is 11.7. The highest BCUT2D eigenvalue weighted by atomic mass is 79.9. The van der Waals surface area contributed by atoms with Crippen LogP contribution in [-0.4, -0.2) is 20.2 Å². The summed E-state index contributed by atoms with van der Waals surface area (Å²) in [5.41, 5.74) is 0.481. The second-order valence-electron chi connectivity index (χ2n) is 3.45. The fourth-order valence-electron chi connectivity index (χ4n) is 1.35.